The zero-order valence-corrected chi connectivity index (χ0v) is 13.9. The van der Waals surface area contributed by atoms with Gasteiger partial charge in [-0.3, -0.25) is 9.59 Å². The van der Waals surface area contributed by atoms with Crippen LogP contribution in [-0.4, -0.2) is 46.0 Å². The van der Waals surface area contributed by atoms with E-state index in [2.05, 4.69) is 17.4 Å². The maximum atomic E-state index is 12.3. The number of amides is 2. The van der Waals surface area contributed by atoms with Gasteiger partial charge in [-0.25, -0.2) is 0 Å². The Morgan fingerprint density at radius 2 is 2.27 bits per heavy atom. The number of thioether (sulfide) groups is 1. The first kappa shape index (κ1) is 16.9. The molecule has 122 valence electrons. The van der Waals surface area contributed by atoms with Crippen LogP contribution in [0.15, 0.2) is 10.6 Å². The smallest absolute Gasteiger partial charge is 0.235 e. The van der Waals surface area contributed by atoms with E-state index < -0.39 is 0 Å². The molecule has 7 heteroatoms. The summed E-state index contributed by atoms with van der Waals surface area (Å²) in [6.45, 7) is 4.73. The summed E-state index contributed by atoms with van der Waals surface area (Å²) in [5.41, 5.74) is 0. The van der Waals surface area contributed by atoms with Crippen molar-refractivity contribution in [3.05, 3.63) is 11.8 Å². The number of carbonyl (C=O) groups excluding carboxylic acids is 2. The number of piperidine rings is 1. The third-order valence-corrected chi connectivity index (χ3v) is 4.69. The van der Waals surface area contributed by atoms with Crippen molar-refractivity contribution in [2.75, 3.05) is 23.4 Å². The largest absolute Gasteiger partial charge is 0.360 e. The molecule has 0 spiro atoms. The van der Waals surface area contributed by atoms with Crippen LogP contribution in [0.4, 0.5) is 5.82 Å². The number of nitrogens with zero attached hydrogens (tertiary/aromatic N) is 2. The second kappa shape index (κ2) is 8.22. The van der Waals surface area contributed by atoms with Gasteiger partial charge in [-0.15, -0.1) is 11.8 Å². The standard InChI is InChI=1S/C15H23N3O3S/c1-3-12-6-4-5-7-18(12)15(20)10-22-9-14(19)16-13-8-11(2)21-17-13/h8,12H,3-7,9-10H2,1-2H3,(H,16,17,19). The third kappa shape index (κ3) is 4.76. The van der Waals surface area contributed by atoms with Gasteiger partial charge in [0.05, 0.1) is 11.5 Å². The molecule has 2 rings (SSSR count). The summed E-state index contributed by atoms with van der Waals surface area (Å²) in [6.07, 6.45) is 4.38. The molecule has 1 N–H and O–H groups in total. The molecule has 2 amide bonds. The van der Waals surface area contributed by atoms with Crippen molar-refractivity contribution < 1.29 is 14.1 Å². The van der Waals surface area contributed by atoms with Crippen molar-refractivity contribution in [1.82, 2.24) is 10.1 Å². The Hall–Kier alpha value is -1.50. The average molecular weight is 325 g/mol. The van der Waals surface area contributed by atoms with E-state index >= 15 is 0 Å². The van der Waals surface area contributed by atoms with Crippen molar-refractivity contribution in [2.24, 2.45) is 0 Å². The first-order valence-corrected chi connectivity index (χ1v) is 8.86. The van der Waals surface area contributed by atoms with E-state index in [-0.39, 0.29) is 17.6 Å². The maximum absolute atomic E-state index is 12.3. The first-order chi connectivity index (χ1) is 10.6. The van der Waals surface area contributed by atoms with Gasteiger partial charge in [0, 0.05) is 18.7 Å². The molecule has 1 unspecified atom stereocenters. The van der Waals surface area contributed by atoms with Gasteiger partial charge in [-0.1, -0.05) is 12.1 Å². The van der Waals surface area contributed by atoms with E-state index in [0.717, 1.165) is 25.8 Å². The highest BCUT2D eigenvalue weighted by Crippen LogP contribution is 2.20. The summed E-state index contributed by atoms with van der Waals surface area (Å²) >= 11 is 1.34. The van der Waals surface area contributed by atoms with Crippen LogP contribution in [0, 0.1) is 6.92 Å². The first-order valence-electron chi connectivity index (χ1n) is 7.70. The molecule has 0 aromatic carbocycles. The molecule has 0 bridgehead atoms. The molecule has 0 saturated carbocycles. The van der Waals surface area contributed by atoms with Crippen LogP contribution in [-0.2, 0) is 9.59 Å². The minimum Gasteiger partial charge on any atom is -0.360 e. The Morgan fingerprint density at radius 3 is 2.95 bits per heavy atom. The number of anilines is 1. The Kier molecular flexibility index (Phi) is 6.30. The van der Waals surface area contributed by atoms with Crippen molar-refractivity contribution >= 4 is 29.4 Å². The number of rotatable bonds is 6. The molecule has 1 atom stereocenters. The van der Waals surface area contributed by atoms with Gasteiger partial charge in [0.15, 0.2) is 5.82 Å². The quantitative estimate of drug-likeness (QED) is 0.869. The highest BCUT2D eigenvalue weighted by Gasteiger charge is 2.25. The Labute approximate surface area is 135 Å². The third-order valence-electron chi connectivity index (χ3n) is 3.77. The van der Waals surface area contributed by atoms with E-state index in [1.54, 1.807) is 13.0 Å². The van der Waals surface area contributed by atoms with Crippen LogP contribution >= 0.6 is 11.8 Å². The molecule has 1 fully saturated rings. The highest BCUT2D eigenvalue weighted by molar-refractivity contribution is 8.00. The normalized spacial score (nSPS) is 18.3. The molecule has 1 aliphatic heterocycles. The lowest BCUT2D eigenvalue weighted by Crippen LogP contribution is -2.44. The summed E-state index contributed by atoms with van der Waals surface area (Å²) in [6, 6.07) is 2.03. The molecule has 1 aromatic heterocycles. The predicted molar refractivity (Wildman–Crippen MR) is 86.8 cm³/mol. The van der Waals surface area contributed by atoms with Crippen LogP contribution in [0.25, 0.3) is 0 Å². The molecule has 0 radical (unpaired) electrons. The summed E-state index contributed by atoms with van der Waals surface area (Å²) in [5.74, 6) is 1.62. The molecular formula is C15H23N3O3S. The lowest BCUT2D eigenvalue weighted by molar-refractivity contribution is -0.132. The Morgan fingerprint density at radius 1 is 1.45 bits per heavy atom. The SMILES string of the molecule is CCC1CCCCN1C(=O)CSCC(=O)Nc1cc(C)on1. The van der Waals surface area contributed by atoms with E-state index in [1.807, 2.05) is 4.90 Å². The molecule has 1 saturated heterocycles. The van der Waals surface area contributed by atoms with E-state index in [1.165, 1.54) is 18.2 Å². The van der Waals surface area contributed by atoms with Gasteiger partial charge in [-0.2, -0.15) is 0 Å². The van der Waals surface area contributed by atoms with Gasteiger partial charge in [0.2, 0.25) is 11.8 Å². The Balaban J connectivity index is 1.71. The fraction of sp³-hybridized carbons (Fsp3) is 0.667. The average Bonchev–Trinajstić information content (AvgIpc) is 2.92. The molecule has 0 aliphatic carbocycles. The number of likely N-dealkylation sites (tertiary alicyclic amines) is 1. The Bertz CT molecular complexity index is 518. The van der Waals surface area contributed by atoms with Gasteiger partial charge in [0.1, 0.15) is 5.76 Å². The summed E-state index contributed by atoms with van der Waals surface area (Å²) in [7, 11) is 0. The fourth-order valence-corrected chi connectivity index (χ4v) is 3.37. The number of aromatic nitrogens is 1. The van der Waals surface area contributed by atoms with Crippen LogP contribution in [0.2, 0.25) is 0 Å². The van der Waals surface area contributed by atoms with E-state index in [9.17, 15) is 9.59 Å². The fourth-order valence-electron chi connectivity index (χ4n) is 2.67. The number of aryl methyl sites for hydroxylation is 1. The van der Waals surface area contributed by atoms with Gasteiger partial charge >= 0.3 is 0 Å². The molecule has 22 heavy (non-hydrogen) atoms. The summed E-state index contributed by atoms with van der Waals surface area (Å²) in [5, 5.41) is 6.35. The minimum atomic E-state index is -0.170. The lowest BCUT2D eigenvalue weighted by Gasteiger charge is -2.35. The van der Waals surface area contributed by atoms with Crippen molar-refractivity contribution in [3.63, 3.8) is 0 Å². The molecule has 2 heterocycles. The van der Waals surface area contributed by atoms with Crippen molar-refractivity contribution in [2.45, 2.75) is 45.6 Å². The topological polar surface area (TPSA) is 75.4 Å². The van der Waals surface area contributed by atoms with Crippen molar-refractivity contribution in [3.8, 4) is 0 Å². The number of hydrogen-bond acceptors (Lipinski definition) is 5. The van der Waals surface area contributed by atoms with Gasteiger partial charge < -0.3 is 14.7 Å². The van der Waals surface area contributed by atoms with Crippen LogP contribution < -0.4 is 5.32 Å². The second-order valence-corrected chi connectivity index (χ2v) is 6.49. The van der Waals surface area contributed by atoms with Gasteiger partial charge in [-0.05, 0) is 32.6 Å². The number of hydrogen-bond donors (Lipinski definition) is 1. The van der Waals surface area contributed by atoms with E-state index in [0.29, 0.717) is 23.4 Å². The molecular weight excluding hydrogens is 302 g/mol. The maximum Gasteiger partial charge on any atom is 0.235 e. The number of carbonyl (C=O) groups is 2. The molecule has 1 aliphatic rings. The zero-order valence-electron chi connectivity index (χ0n) is 13.1. The summed E-state index contributed by atoms with van der Waals surface area (Å²) in [4.78, 5) is 26.0. The number of nitrogens with one attached hydrogen (secondary N) is 1. The predicted octanol–water partition coefficient (Wildman–Crippen LogP) is 2.45. The van der Waals surface area contributed by atoms with Crippen LogP contribution in [0.5, 0.6) is 0 Å². The second-order valence-electron chi connectivity index (χ2n) is 5.51. The van der Waals surface area contributed by atoms with Crippen LogP contribution in [0.3, 0.4) is 0 Å². The highest BCUT2D eigenvalue weighted by atomic mass is 32.2. The van der Waals surface area contributed by atoms with Crippen LogP contribution in [0.1, 0.15) is 38.4 Å². The summed E-state index contributed by atoms with van der Waals surface area (Å²) < 4.78 is 4.88. The minimum absolute atomic E-state index is 0.140. The van der Waals surface area contributed by atoms with E-state index in [4.69, 9.17) is 4.52 Å². The lowest BCUT2D eigenvalue weighted by atomic mass is 10.0. The van der Waals surface area contributed by atoms with Gasteiger partial charge in [0.25, 0.3) is 0 Å². The molecule has 1 aromatic rings. The van der Waals surface area contributed by atoms with Crippen molar-refractivity contribution in [1.29, 1.82) is 0 Å². The molecule has 6 nitrogen and oxygen atoms in total. The zero-order chi connectivity index (χ0) is 15.9. The monoisotopic (exact) mass is 325 g/mol.